The molecule has 0 radical (unpaired) electrons. The SMILES string of the molecule is COc1cccc(CNC(C)C(O)c2ccccc2)c1.Cl. The van der Waals surface area contributed by atoms with E-state index in [9.17, 15) is 5.11 Å². The van der Waals surface area contributed by atoms with Crippen molar-refractivity contribution in [2.75, 3.05) is 7.11 Å². The predicted octanol–water partition coefficient (Wildman–Crippen LogP) is 3.33. The molecule has 0 aliphatic heterocycles. The molecule has 0 saturated heterocycles. The fraction of sp³-hybridized carbons (Fsp3) is 0.294. The maximum Gasteiger partial charge on any atom is 0.119 e. The third kappa shape index (κ3) is 5.05. The van der Waals surface area contributed by atoms with Gasteiger partial charge in [-0.25, -0.2) is 0 Å². The Morgan fingerprint density at radius 2 is 1.81 bits per heavy atom. The van der Waals surface area contributed by atoms with E-state index in [0.29, 0.717) is 6.54 Å². The van der Waals surface area contributed by atoms with Crippen molar-refractivity contribution in [2.45, 2.75) is 25.6 Å². The number of methoxy groups -OCH3 is 1. The normalized spacial score (nSPS) is 13.1. The second-order valence-electron chi connectivity index (χ2n) is 4.88. The fourth-order valence-electron chi connectivity index (χ4n) is 2.11. The van der Waals surface area contributed by atoms with Crippen molar-refractivity contribution in [1.82, 2.24) is 5.32 Å². The lowest BCUT2D eigenvalue weighted by Gasteiger charge is -2.20. The highest BCUT2D eigenvalue weighted by molar-refractivity contribution is 5.85. The van der Waals surface area contributed by atoms with Gasteiger partial charge in [0.25, 0.3) is 0 Å². The number of rotatable bonds is 6. The molecule has 2 aromatic carbocycles. The molecule has 0 heterocycles. The highest BCUT2D eigenvalue weighted by Crippen LogP contribution is 2.17. The van der Waals surface area contributed by atoms with Crippen molar-refractivity contribution in [1.29, 1.82) is 0 Å². The third-order valence-corrected chi connectivity index (χ3v) is 3.38. The Labute approximate surface area is 132 Å². The van der Waals surface area contributed by atoms with Gasteiger partial charge in [-0.2, -0.15) is 0 Å². The Morgan fingerprint density at radius 3 is 2.48 bits per heavy atom. The second kappa shape index (κ2) is 8.67. The zero-order valence-electron chi connectivity index (χ0n) is 12.3. The second-order valence-corrected chi connectivity index (χ2v) is 4.88. The number of aliphatic hydroxyl groups is 1. The zero-order valence-corrected chi connectivity index (χ0v) is 13.1. The summed E-state index contributed by atoms with van der Waals surface area (Å²) in [6.07, 6.45) is -0.512. The van der Waals surface area contributed by atoms with Gasteiger partial charge in [0.1, 0.15) is 5.75 Å². The van der Waals surface area contributed by atoms with Crippen LogP contribution in [0, 0.1) is 0 Å². The Kier molecular flexibility index (Phi) is 7.23. The highest BCUT2D eigenvalue weighted by atomic mass is 35.5. The lowest BCUT2D eigenvalue weighted by molar-refractivity contribution is 0.135. The first-order valence-electron chi connectivity index (χ1n) is 6.80. The van der Waals surface area contributed by atoms with Crippen LogP contribution >= 0.6 is 12.4 Å². The number of nitrogens with one attached hydrogen (secondary N) is 1. The lowest BCUT2D eigenvalue weighted by Crippen LogP contribution is -2.31. The first kappa shape index (κ1) is 17.5. The minimum Gasteiger partial charge on any atom is -0.497 e. The maximum absolute atomic E-state index is 10.3. The minimum atomic E-state index is -0.512. The molecule has 2 rings (SSSR count). The highest BCUT2D eigenvalue weighted by Gasteiger charge is 2.15. The number of halogens is 1. The number of hydrogen-bond acceptors (Lipinski definition) is 3. The number of hydrogen-bond donors (Lipinski definition) is 2. The molecular weight excluding hydrogens is 286 g/mol. The molecule has 0 saturated carbocycles. The van der Waals surface area contributed by atoms with E-state index >= 15 is 0 Å². The van der Waals surface area contributed by atoms with E-state index in [-0.39, 0.29) is 18.4 Å². The summed E-state index contributed by atoms with van der Waals surface area (Å²) in [5, 5.41) is 13.6. The van der Waals surface area contributed by atoms with Crippen LogP contribution in [0.25, 0.3) is 0 Å². The topological polar surface area (TPSA) is 41.5 Å². The van der Waals surface area contributed by atoms with Gasteiger partial charge in [-0.05, 0) is 30.2 Å². The zero-order chi connectivity index (χ0) is 14.4. The first-order chi connectivity index (χ1) is 9.70. The van der Waals surface area contributed by atoms with Crippen LogP contribution in [-0.2, 0) is 6.54 Å². The number of benzene rings is 2. The summed E-state index contributed by atoms with van der Waals surface area (Å²) in [5.74, 6) is 0.848. The molecule has 0 aliphatic carbocycles. The minimum absolute atomic E-state index is 0. The van der Waals surface area contributed by atoms with Crippen molar-refractivity contribution in [3.8, 4) is 5.75 Å². The Bertz CT molecular complexity index is 533. The molecule has 0 fully saturated rings. The van der Waals surface area contributed by atoms with Crippen LogP contribution in [0.1, 0.15) is 24.2 Å². The third-order valence-electron chi connectivity index (χ3n) is 3.38. The smallest absolute Gasteiger partial charge is 0.119 e. The summed E-state index contributed by atoms with van der Waals surface area (Å²) >= 11 is 0. The Morgan fingerprint density at radius 1 is 1.10 bits per heavy atom. The first-order valence-corrected chi connectivity index (χ1v) is 6.80. The molecule has 2 N–H and O–H groups in total. The Hall–Kier alpha value is -1.55. The van der Waals surface area contributed by atoms with Gasteiger partial charge in [0, 0.05) is 12.6 Å². The van der Waals surface area contributed by atoms with E-state index in [1.54, 1.807) is 7.11 Å². The summed E-state index contributed by atoms with van der Waals surface area (Å²) < 4.78 is 5.20. The molecule has 2 unspecified atom stereocenters. The van der Waals surface area contributed by atoms with Gasteiger partial charge in [0.05, 0.1) is 13.2 Å². The molecule has 0 spiro atoms. The molecule has 2 atom stereocenters. The van der Waals surface area contributed by atoms with Gasteiger partial charge >= 0.3 is 0 Å². The van der Waals surface area contributed by atoms with Gasteiger partial charge in [-0.15, -0.1) is 12.4 Å². The summed E-state index contributed by atoms with van der Waals surface area (Å²) in [7, 11) is 1.66. The van der Waals surface area contributed by atoms with Crippen LogP contribution < -0.4 is 10.1 Å². The van der Waals surface area contributed by atoms with Crippen molar-refractivity contribution < 1.29 is 9.84 Å². The molecule has 0 aromatic heterocycles. The van der Waals surface area contributed by atoms with Gasteiger partial charge in [-0.1, -0.05) is 42.5 Å². The van der Waals surface area contributed by atoms with E-state index in [1.807, 2.05) is 61.5 Å². The van der Waals surface area contributed by atoms with Crippen LogP contribution in [0.5, 0.6) is 5.75 Å². The average molecular weight is 308 g/mol. The van der Waals surface area contributed by atoms with Crippen LogP contribution in [-0.4, -0.2) is 18.3 Å². The van der Waals surface area contributed by atoms with Crippen LogP contribution in [0.3, 0.4) is 0 Å². The summed E-state index contributed by atoms with van der Waals surface area (Å²) in [5.41, 5.74) is 2.06. The molecule has 3 nitrogen and oxygen atoms in total. The van der Waals surface area contributed by atoms with Crippen LogP contribution in [0.15, 0.2) is 54.6 Å². The summed E-state index contributed by atoms with van der Waals surface area (Å²) in [6, 6.07) is 17.6. The number of aliphatic hydroxyl groups excluding tert-OH is 1. The van der Waals surface area contributed by atoms with Crippen LogP contribution in [0.2, 0.25) is 0 Å². The van der Waals surface area contributed by atoms with E-state index in [1.165, 1.54) is 0 Å². The number of ether oxygens (including phenoxy) is 1. The lowest BCUT2D eigenvalue weighted by atomic mass is 10.0. The van der Waals surface area contributed by atoms with Gasteiger partial charge < -0.3 is 15.2 Å². The molecule has 21 heavy (non-hydrogen) atoms. The maximum atomic E-state index is 10.3. The van der Waals surface area contributed by atoms with Crippen molar-refractivity contribution >= 4 is 12.4 Å². The van der Waals surface area contributed by atoms with Crippen molar-refractivity contribution in [2.24, 2.45) is 0 Å². The van der Waals surface area contributed by atoms with E-state index in [2.05, 4.69) is 5.32 Å². The van der Waals surface area contributed by atoms with Crippen LogP contribution in [0.4, 0.5) is 0 Å². The molecule has 114 valence electrons. The molecule has 0 amide bonds. The molecular formula is C17H22ClNO2. The molecule has 0 bridgehead atoms. The van der Waals surface area contributed by atoms with Gasteiger partial charge in [-0.3, -0.25) is 0 Å². The largest absolute Gasteiger partial charge is 0.497 e. The standard InChI is InChI=1S/C17H21NO2.ClH/c1-13(17(19)15-8-4-3-5-9-15)18-12-14-7-6-10-16(11-14)20-2;/h3-11,13,17-19H,12H2,1-2H3;1H. The molecule has 0 aliphatic rings. The predicted molar refractivity (Wildman–Crippen MR) is 87.9 cm³/mol. The van der Waals surface area contributed by atoms with E-state index < -0.39 is 6.10 Å². The fourth-order valence-corrected chi connectivity index (χ4v) is 2.11. The van der Waals surface area contributed by atoms with E-state index in [0.717, 1.165) is 16.9 Å². The van der Waals surface area contributed by atoms with Gasteiger partial charge in [0.15, 0.2) is 0 Å². The van der Waals surface area contributed by atoms with Gasteiger partial charge in [0.2, 0.25) is 0 Å². The Balaban J connectivity index is 0.00000220. The summed E-state index contributed by atoms with van der Waals surface area (Å²) in [4.78, 5) is 0. The quantitative estimate of drug-likeness (QED) is 0.860. The molecule has 2 aromatic rings. The van der Waals surface area contributed by atoms with Crippen molar-refractivity contribution in [3.63, 3.8) is 0 Å². The summed E-state index contributed by atoms with van der Waals surface area (Å²) in [6.45, 7) is 2.68. The van der Waals surface area contributed by atoms with E-state index in [4.69, 9.17) is 4.74 Å². The average Bonchev–Trinajstić information content (AvgIpc) is 2.53. The molecule has 4 heteroatoms. The van der Waals surface area contributed by atoms with Crippen molar-refractivity contribution in [3.05, 3.63) is 65.7 Å². The monoisotopic (exact) mass is 307 g/mol.